The van der Waals surface area contributed by atoms with Crippen LogP contribution in [0.3, 0.4) is 0 Å². The molecular weight excluding hydrogens is 306 g/mol. The Hall–Kier alpha value is -1.37. The van der Waals surface area contributed by atoms with Crippen LogP contribution in [0.1, 0.15) is 22.9 Å². The molecule has 0 fully saturated rings. The fourth-order valence-corrected chi connectivity index (χ4v) is 5.41. The van der Waals surface area contributed by atoms with Gasteiger partial charge in [-0.25, -0.2) is 8.42 Å². The third-order valence-electron chi connectivity index (χ3n) is 3.26. The van der Waals surface area contributed by atoms with Gasteiger partial charge in [-0.05, 0) is 49.4 Å². The topological polar surface area (TPSA) is 57.6 Å². The predicted molar refractivity (Wildman–Crippen MR) is 86.4 cm³/mol. The van der Waals surface area contributed by atoms with Gasteiger partial charge < -0.3 is 5.11 Å². The summed E-state index contributed by atoms with van der Waals surface area (Å²) in [6.07, 6.45) is 0. The average molecular weight is 325 g/mol. The summed E-state index contributed by atoms with van der Waals surface area (Å²) < 4.78 is 27.3. The lowest BCUT2D eigenvalue weighted by Crippen LogP contribution is -2.31. The van der Waals surface area contributed by atoms with Crippen LogP contribution in [0.4, 0.5) is 5.69 Å². The zero-order chi connectivity index (χ0) is 15.6. The molecule has 6 heteroatoms. The second-order valence-electron chi connectivity index (χ2n) is 4.84. The van der Waals surface area contributed by atoms with Crippen molar-refractivity contribution in [2.24, 2.45) is 0 Å². The molecule has 1 aromatic carbocycles. The lowest BCUT2D eigenvalue weighted by Gasteiger charge is -2.24. The molecule has 0 spiro atoms. The van der Waals surface area contributed by atoms with Gasteiger partial charge in [0.1, 0.15) is 4.90 Å². The zero-order valence-corrected chi connectivity index (χ0v) is 14.0. The Bertz CT molecular complexity index is 735. The van der Waals surface area contributed by atoms with Gasteiger partial charge in [0.25, 0.3) is 10.0 Å². The molecule has 0 saturated heterocycles. The minimum Gasteiger partial charge on any atom is -0.391 e. The maximum atomic E-state index is 13.0. The molecule has 0 unspecified atom stereocenters. The number of aryl methyl sites for hydroxylation is 2. The Balaban J connectivity index is 2.57. The van der Waals surface area contributed by atoms with Gasteiger partial charge in [0.2, 0.25) is 0 Å². The number of sulfonamides is 1. The molecule has 1 heterocycles. The first-order valence-electron chi connectivity index (χ1n) is 6.69. The first-order chi connectivity index (χ1) is 9.91. The van der Waals surface area contributed by atoms with Crippen molar-refractivity contribution in [3.05, 3.63) is 45.6 Å². The summed E-state index contributed by atoms with van der Waals surface area (Å²) in [5.41, 5.74) is 2.33. The largest absolute Gasteiger partial charge is 0.391 e. The van der Waals surface area contributed by atoms with Crippen molar-refractivity contribution in [1.82, 2.24) is 0 Å². The van der Waals surface area contributed by atoms with Gasteiger partial charge in [-0.2, -0.15) is 0 Å². The summed E-state index contributed by atoms with van der Waals surface area (Å²) in [7, 11) is -3.67. The SMILES string of the molecule is CCN(c1cccc(C)c1)S(=O)(=O)c1c(C)csc1CO. The van der Waals surface area contributed by atoms with Gasteiger partial charge in [0.05, 0.1) is 17.2 Å². The van der Waals surface area contributed by atoms with Crippen LogP contribution in [-0.2, 0) is 16.6 Å². The number of thiophene rings is 1. The van der Waals surface area contributed by atoms with Gasteiger partial charge in [-0.3, -0.25) is 4.31 Å². The van der Waals surface area contributed by atoms with Crippen molar-refractivity contribution < 1.29 is 13.5 Å². The van der Waals surface area contributed by atoms with Crippen molar-refractivity contribution >= 4 is 27.0 Å². The number of anilines is 1. The summed E-state index contributed by atoms with van der Waals surface area (Å²) in [5, 5.41) is 11.2. The number of hydrogen-bond donors (Lipinski definition) is 1. The van der Waals surface area contributed by atoms with E-state index < -0.39 is 10.0 Å². The molecule has 0 amide bonds. The van der Waals surface area contributed by atoms with E-state index in [0.717, 1.165) is 5.56 Å². The Labute approximate surface area is 129 Å². The van der Waals surface area contributed by atoms with Crippen LogP contribution >= 0.6 is 11.3 Å². The third kappa shape index (κ3) is 2.97. The number of hydrogen-bond acceptors (Lipinski definition) is 4. The standard InChI is InChI=1S/C15H19NO3S2/c1-4-16(13-7-5-6-11(2)8-13)21(18,19)15-12(3)10-20-14(15)9-17/h5-8,10,17H,4,9H2,1-3H3. The number of benzene rings is 1. The van der Waals surface area contributed by atoms with Crippen LogP contribution in [-0.4, -0.2) is 20.1 Å². The number of aliphatic hydroxyl groups excluding tert-OH is 1. The molecule has 2 aromatic rings. The van der Waals surface area contributed by atoms with E-state index in [4.69, 9.17) is 0 Å². The van der Waals surface area contributed by atoms with E-state index in [2.05, 4.69) is 0 Å². The Kier molecular flexibility index (Phi) is 4.70. The molecule has 0 bridgehead atoms. The van der Waals surface area contributed by atoms with Crippen LogP contribution in [0.25, 0.3) is 0 Å². The van der Waals surface area contributed by atoms with Gasteiger partial charge in [-0.1, -0.05) is 12.1 Å². The molecule has 0 aliphatic carbocycles. The predicted octanol–water partition coefficient (Wildman–Crippen LogP) is 3.07. The highest BCUT2D eigenvalue weighted by Gasteiger charge is 2.29. The maximum Gasteiger partial charge on any atom is 0.265 e. The summed E-state index contributed by atoms with van der Waals surface area (Å²) in [6, 6.07) is 7.41. The molecule has 2 rings (SSSR count). The van der Waals surface area contributed by atoms with Crippen molar-refractivity contribution in [2.75, 3.05) is 10.8 Å². The zero-order valence-electron chi connectivity index (χ0n) is 12.3. The van der Waals surface area contributed by atoms with Crippen molar-refractivity contribution in [2.45, 2.75) is 32.3 Å². The summed E-state index contributed by atoms with van der Waals surface area (Å²) in [4.78, 5) is 0.719. The molecular formula is C15H19NO3S2. The Morgan fingerprint density at radius 2 is 2.00 bits per heavy atom. The summed E-state index contributed by atoms with van der Waals surface area (Å²) in [6.45, 7) is 5.57. The summed E-state index contributed by atoms with van der Waals surface area (Å²) >= 11 is 1.27. The minimum atomic E-state index is -3.67. The molecule has 1 aromatic heterocycles. The fourth-order valence-electron chi connectivity index (χ4n) is 2.33. The van der Waals surface area contributed by atoms with Crippen LogP contribution in [0, 0.1) is 13.8 Å². The van der Waals surface area contributed by atoms with E-state index in [9.17, 15) is 13.5 Å². The molecule has 0 aliphatic rings. The number of rotatable bonds is 5. The van der Waals surface area contributed by atoms with E-state index in [1.54, 1.807) is 25.3 Å². The third-order valence-corrected chi connectivity index (χ3v) is 6.61. The molecule has 0 saturated carbocycles. The smallest absolute Gasteiger partial charge is 0.265 e. The van der Waals surface area contributed by atoms with Crippen LogP contribution in [0.15, 0.2) is 34.5 Å². The number of nitrogens with zero attached hydrogens (tertiary/aromatic N) is 1. The minimum absolute atomic E-state index is 0.235. The van der Waals surface area contributed by atoms with Crippen molar-refractivity contribution in [1.29, 1.82) is 0 Å². The first kappa shape index (κ1) is 16.0. The molecule has 21 heavy (non-hydrogen) atoms. The second-order valence-corrected chi connectivity index (χ2v) is 7.60. The average Bonchev–Trinajstić information content (AvgIpc) is 2.81. The second kappa shape index (κ2) is 6.17. The van der Waals surface area contributed by atoms with Gasteiger partial charge in [0.15, 0.2) is 0 Å². The lowest BCUT2D eigenvalue weighted by molar-refractivity contribution is 0.282. The monoisotopic (exact) mass is 325 g/mol. The molecule has 114 valence electrons. The van der Waals surface area contributed by atoms with Gasteiger partial charge >= 0.3 is 0 Å². The van der Waals surface area contributed by atoms with Gasteiger partial charge in [0, 0.05) is 6.54 Å². The van der Waals surface area contributed by atoms with Crippen LogP contribution in [0.5, 0.6) is 0 Å². The molecule has 4 nitrogen and oxygen atoms in total. The lowest BCUT2D eigenvalue weighted by atomic mass is 10.2. The molecule has 0 radical (unpaired) electrons. The summed E-state index contributed by atoms with van der Waals surface area (Å²) in [5.74, 6) is 0. The molecule has 0 aliphatic heterocycles. The first-order valence-corrected chi connectivity index (χ1v) is 9.01. The van der Waals surface area contributed by atoms with Crippen LogP contribution in [0.2, 0.25) is 0 Å². The molecule has 1 N–H and O–H groups in total. The van der Waals surface area contributed by atoms with Crippen molar-refractivity contribution in [3.8, 4) is 0 Å². The highest BCUT2D eigenvalue weighted by atomic mass is 32.2. The van der Waals surface area contributed by atoms with E-state index in [1.165, 1.54) is 15.6 Å². The quantitative estimate of drug-likeness (QED) is 0.919. The Morgan fingerprint density at radius 3 is 2.57 bits per heavy atom. The normalized spacial score (nSPS) is 11.6. The van der Waals surface area contributed by atoms with E-state index in [1.807, 2.05) is 25.1 Å². The van der Waals surface area contributed by atoms with Gasteiger partial charge in [-0.15, -0.1) is 11.3 Å². The highest BCUT2D eigenvalue weighted by molar-refractivity contribution is 7.93. The highest BCUT2D eigenvalue weighted by Crippen LogP contribution is 2.32. The van der Waals surface area contributed by atoms with Crippen molar-refractivity contribution in [3.63, 3.8) is 0 Å². The van der Waals surface area contributed by atoms with E-state index in [0.29, 0.717) is 22.7 Å². The van der Waals surface area contributed by atoms with E-state index in [-0.39, 0.29) is 11.5 Å². The van der Waals surface area contributed by atoms with Crippen LogP contribution < -0.4 is 4.31 Å². The maximum absolute atomic E-state index is 13.0. The molecule has 0 atom stereocenters. The van der Waals surface area contributed by atoms with E-state index >= 15 is 0 Å². The number of aliphatic hydroxyl groups is 1. The Morgan fingerprint density at radius 1 is 1.29 bits per heavy atom. The fraction of sp³-hybridized carbons (Fsp3) is 0.333.